The Balaban J connectivity index is 1.76. The highest BCUT2D eigenvalue weighted by molar-refractivity contribution is 7.98. The van der Waals surface area contributed by atoms with Gasteiger partial charge in [0.15, 0.2) is 5.82 Å². The monoisotopic (exact) mass is 351 g/mol. The summed E-state index contributed by atoms with van der Waals surface area (Å²) in [5, 5.41) is 9.94. The van der Waals surface area contributed by atoms with Crippen LogP contribution in [-0.4, -0.2) is 19.9 Å². The molecule has 0 unspecified atom stereocenters. The molecule has 2 aromatic heterocycles. The molecule has 0 saturated heterocycles. The summed E-state index contributed by atoms with van der Waals surface area (Å²) in [6.07, 6.45) is 3.37. The van der Waals surface area contributed by atoms with Crippen LogP contribution >= 0.6 is 35.0 Å². The number of thioether (sulfide) groups is 1. The number of rotatable bonds is 4. The second kappa shape index (κ2) is 6.56. The Bertz CT molecular complexity index is 791. The maximum absolute atomic E-state index is 6.06. The molecule has 0 saturated carbocycles. The number of aromatic nitrogens is 4. The van der Waals surface area contributed by atoms with E-state index in [-0.39, 0.29) is 0 Å². The van der Waals surface area contributed by atoms with Gasteiger partial charge in [0, 0.05) is 23.7 Å². The van der Waals surface area contributed by atoms with E-state index in [1.807, 2.05) is 24.3 Å². The minimum Gasteiger partial charge on any atom is -0.335 e. The van der Waals surface area contributed by atoms with Crippen molar-refractivity contribution in [2.24, 2.45) is 0 Å². The highest BCUT2D eigenvalue weighted by atomic mass is 35.5. The van der Waals surface area contributed by atoms with Crippen LogP contribution in [0.5, 0.6) is 0 Å². The molecule has 3 aromatic rings. The molecule has 8 heteroatoms. The molecule has 112 valence electrons. The lowest BCUT2D eigenvalue weighted by Gasteiger charge is -2.04. The second-order valence-electron chi connectivity index (χ2n) is 4.45. The molecular weight excluding hydrogens is 341 g/mol. The van der Waals surface area contributed by atoms with E-state index in [0.29, 0.717) is 26.8 Å². The molecular formula is C14H11Cl2N5S. The Labute approximate surface area is 141 Å². The SMILES string of the molecule is Nn1c(SCc2ccc(Cl)c(Cl)c2)nnc1-c1ccncc1. The third-order valence-electron chi connectivity index (χ3n) is 2.96. The van der Waals surface area contributed by atoms with E-state index in [4.69, 9.17) is 29.0 Å². The third kappa shape index (κ3) is 3.19. The van der Waals surface area contributed by atoms with Gasteiger partial charge in [0.25, 0.3) is 0 Å². The van der Waals surface area contributed by atoms with Crippen molar-refractivity contribution in [1.82, 2.24) is 19.9 Å². The average Bonchev–Trinajstić information content (AvgIpc) is 2.90. The molecule has 2 N–H and O–H groups in total. The van der Waals surface area contributed by atoms with Gasteiger partial charge in [-0.05, 0) is 29.8 Å². The summed E-state index contributed by atoms with van der Waals surface area (Å²) >= 11 is 13.4. The Kier molecular flexibility index (Phi) is 4.52. The number of pyridine rings is 1. The van der Waals surface area contributed by atoms with Crippen LogP contribution < -0.4 is 5.84 Å². The van der Waals surface area contributed by atoms with Crippen molar-refractivity contribution in [3.8, 4) is 11.4 Å². The predicted molar refractivity (Wildman–Crippen MR) is 89.4 cm³/mol. The lowest BCUT2D eigenvalue weighted by atomic mass is 10.2. The fourth-order valence-corrected chi connectivity index (χ4v) is 2.97. The molecule has 0 aliphatic rings. The Morgan fingerprint density at radius 3 is 2.55 bits per heavy atom. The normalized spacial score (nSPS) is 10.8. The van der Waals surface area contributed by atoms with Gasteiger partial charge in [0.2, 0.25) is 5.16 Å². The molecule has 0 aliphatic heterocycles. The van der Waals surface area contributed by atoms with Crippen molar-refractivity contribution in [3.05, 3.63) is 58.3 Å². The Hall–Kier alpha value is -1.76. The number of hydrogen-bond donors (Lipinski definition) is 1. The van der Waals surface area contributed by atoms with Gasteiger partial charge in [-0.25, -0.2) is 4.68 Å². The fourth-order valence-electron chi connectivity index (χ4n) is 1.85. The number of halogens is 2. The lowest BCUT2D eigenvalue weighted by Crippen LogP contribution is -2.11. The molecule has 0 aliphatic carbocycles. The summed E-state index contributed by atoms with van der Waals surface area (Å²) < 4.78 is 1.47. The molecule has 22 heavy (non-hydrogen) atoms. The van der Waals surface area contributed by atoms with Crippen LogP contribution in [0.15, 0.2) is 47.9 Å². The van der Waals surface area contributed by atoms with Crippen molar-refractivity contribution >= 4 is 35.0 Å². The molecule has 0 spiro atoms. The van der Waals surface area contributed by atoms with Crippen LogP contribution in [-0.2, 0) is 5.75 Å². The van der Waals surface area contributed by atoms with E-state index in [1.165, 1.54) is 16.4 Å². The maximum Gasteiger partial charge on any atom is 0.210 e. The first-order chi connectivity index (χ1) is 10.6. The first-order valence-electron chi connectivity index (χ1n) is 6.33. The molecule has 0 fully saturated rings. The van der Waals surface area contributed by atoms with Gasteiger partial charge in [0.05, 0.1) is 10.0 Å². The summed E-state index contributed by atoms with van der Waals surface area (Å²) in [5.74, 6) is 7.32. The zero-order valence-electron chi connectivity index (χ0n) is 11.3. The average molecular weight is 352 g/mol. The minimum atomic E-state index is 0.534. The Morgan fingerprint density at radius 1 is 1.05 bits per heavy atom. The largest absolute Gasteiger partial charge is 0.335 e. The summed E-state index contributed by atoms with van der Waals surface area (Å²) in [7, 11) is 0. The van der Waals surface area contributed by atoms with E-state index in [9.17, 15) is 0 Å². The summed E-state index contributed by atoms with van der Waals surface area (Å²) in [6, 6.07) is 9.19. The van der Waals surface area contributed by atoms with E-state index in [0.717, 1.165) is 11.1 Å². The molecule has 2 heterocycles. The highest BCUT2D eigenvalue weighted by Crippen LogP contribution is 2.27. The van der Waals surface area contributed by atoms with Gasteiger partial charge in [-0.15, -0.1) is 10.2 Å². The molecule has 3 rings (SSSR count). The number of nitrogens with two attached hydrogens (primary N) is 1. The first-order valence-corrected chi connectivity index (χ1v) is 8.07. The van der Waals surface area contributed by atoms with Gasteiger partial charge >= 0.3 is 0 Å². The van der Waals surface area contributed by atoms with Crippen LogP contribution in [0, 0.1) is 0 Å². The van der Waals surface area contributed by atoms with Crippen molar-refractivity contribution in [2.75, 3.05) is 5.84 Å². The topological polar surface area (TPSA) is 69.6 Å². The van der Waals surface area contributed by atoms with E-state index < -0.39 is 0 Å². The van der Waals surface area contributed by atoms with Gasteiger partial charge in [-0.1, -0.05) is 41.0 Å². The number of nitrogen functional groups attached to an aromatic ring is 1. The quantitative estimate of drug-likeness (QED) is 0.573. The molecule has 0 bridgehead atoms. The molecule has 0 radical (unpaired) electrons. The van der Waals surface area contributed by atoms with Crippen LogP contribution in [0.4, 0.5) is 0 Å². The van der Waals surface area contributed by atoms with Gasteiger partial charge in [-0.2, -0.15) is 0 Å². The van der Waals surface area contributed by atoms with Crippen molar-refractivity contribution in [2.45, 2.75) is 10.9 Å². The minimum absolute atomic E-state index is 0.534. The Morgan fingerprint density at radius 2 is 1.82 bits per heavy atom. The smallest absolute Gasteiger partial charge is 0.210 e. The molecule has 0 amide bonds. The van der Waals surface area contributed by atoms with Crippen molar-refractivity contribution < 1.29 is 0 Å². The van der Waals surface area contributed by atoms with Crippen LogP contribution in [0.3, 0.4) is 0 Å². The molecule has 0 atom stereocenters. The standard InChI is InChI=1S/C14H11Cl2N5S/c15-11-2-1-9(7-12(11)16)8-22-14-20-19-13(21(14)17)10-3-5-18-6-4-10/h1-7H,8,17H2. The summed E-state index contributed by atoms with van der Waals surface area (Å²) in [4.78, 5) is 3.97. The van der Waals surface area contributed by atoms with Crippen LogP contribution in [0.1, 0.15) is 5.56 Å². The summed E-state index contributed by atoms with van der Waals surface area (Å²) in [6.45, 7) is 0. The lowest BCUT2D eigenvalue weighted by molar-refractivity contribution is 0.849. The number of hydrogen-bond acceptors (Lipinski definition) is 5. The van der Waals surface area contributed by atoms with Gasteiger partial charge < -0.3 is 5.84 Å². The summed E-state index contributed by atoms with van der Waals surface area (Å²) in [5.41, 5.74) is 1.90. The van der Waals surface area contributed by atoms with Gasteiger partial charge in [-0.3, -0.25) is 4.98 Å². The first kappa shape index (κ1) is 15.1. The van der Waals surface area contributed by atoms with Crippen molar-refractivity contribution in [1.29, 1.82) is 0 Å². The highest BCUT2D eigenvalue weighted by Gasteiger charge is 2.12. The van der Waals surface area contributed by atoms with E-state index >= 15 is 0 Å². The zero-order chi connectivity index (χ0) is 15.5. The second-order valence-corrected chi connectivity index (χ2v) is 6.21. The molecule has 5 nitrogen and oxygen atoms in total. The number of nitrogens with zero attached hydrogens (tertiary/aromatic N) is 4. The number of benzene rings is 1. The zero-order valence-corrected chi connectivity index (χ0v) is 13.6. The maximum atomic E-state index is 6.06. The predicted octanol–water partition coefficient (Wildman–Crippen LogP) is 3.65. The molecule has 1 aromatic carbocycles. The van der Waals surface area contributed by atoms with E-state index in [2.05, 4.69) is 15.2 Å². The third-order valence-corrected chi connectivity index (χ3v) is 4.71. The van der Waals surface area contributed by atoms with E-state index in [1.54, 1.807) is 18.5 Å². The van der Waals surface area contributed by atoms with Crippen molar-refractivity contribution in [3.63, 3.8) is 0 Å². The van der Waals surface area contributed by atoms with Crippen LogP contribution in [0.25, 0.3) is 11.4 Å². The van der Waals surface area contributed by atoms with Gasteiger partial charge in [0.1, 0.15) is 0 Å². The fraction of sp³-hybridized carbons (Fsp3) is 0.0714. The van der Waals surface area contributed by atoms with Crippen LogP contribution in [0.2, 0.25) is 10.0 Å².